The van der Waals surface area contributed by atoms with Crippen molar-refractivity contribution in [2.24, 2.45) is 16.2 Å². The highest BCUT2D eigenvalue weighted by molar-refractivity contribution is 6.07. The number of ketones is 1. The number of hydrogen-bond acceptors (Lipinski definition) is 3. The van der Waals surface area contributed by atoms with Crippen LogP contribution in [-0.2, 0) is 0 Å². The molecular formula is C10H11N3O. The fourth-order valence-electron chi connectivity index (χ4n) is 0.993. The van der Waals surface area contributed by atoms with E-state index >= 15 is 0 Å². The van der Waals surface area contributed by atoms with Crippen molar-refractivity contribution in [2.75, 3.05) is 0 Å². The predicted molar refractivity (Wildman–Crippen MR) is 54.3 cm³/mol. The number of carbonyl (C=O) groups excluding carboxylic acids is 1. The Morgan fingerprint density at radius 1 is 1.36 bits per heavy atom. The lowest BCUT2D eigenvalue weighted by Gasteiger charge is -1.98. The summed E-state index contributed by atoms with van der Waals surface area (Å²) in [6.45, 7) is 5.26. The van der Waals surface area contributed by atoms with E-state index in [1.54, 1.807) is 31.2 Å². The zero-order chi connectivity index (χ0) is 10.6. The molecule has 0 radical (unpaired) electrons. The van der Waals surface area contributed by atoms with Crippen LogP contribution in [0.15, 0.2) is 46.8 Å². The van der Waals surface area contributed by atoms with E-state index in [1.807, 2.05) is 0 Å². The molecule has 0 unspecified atom stereocenters. The molecule has 4 nitrogen and oxygen atoms in total. The van der Waals surface area contributed by atoms with Crippen LogP contribution in [0.4, 0.5) is 5.69 Å². The molecule has 2 N–H and O–H groups in total. The second-order valence-electron chi connectivity index (χ2n) is 2.87. The Hall–Kier alpha value is -1.97. The lowest BCUT2D eigenvalue weighted by atomic mass is 10.1. The number of nitrogens with two attached hydrogens (primary N) is 1. The number of Topliss-reactive ketones (excluding diaryl/α,β-unsaturated/α-hetero) is 1. The van der Waals surface area contributed by atoms with Crippen molar-refractivity contribution in [2.45, 2.75) is 6.92 Å². The summed E-state index contributed by atoms with van der Waals surface area (Å²) >= 11 is 0. The fraction of sp³-hybridized carbons (Fsp3) is 0.100. The first-order valence-corrected chi connectivity index (χ1v) is 4.06. The first kappa shape index (κ1) is 10.1. The topological polar surface area (TPSA) is 67.8 Å². The van der Waals surface area contributed by atoms with Gasteiger partial charge < -0.3 is 5.84 Å². The number of rotatable bonds is 3. The highest BCUT2D eigenvalue weighted by Crippen LogP contribution is 2.14. The minimum atomic E-state index is -0.0683. The van der Waals surface area contributed by atoms with Crippen molar-refractivity contribution in [1.29, 1.82) is 0 Å². The van der Waals surface area contributed by atoms with Gasteiger partial charge in [0.25, 0.3) is 0 Å². The van der Waals surface area contributed by atoms with E-state index in [9.17, 15) is 4.79 Å². The quantitative estimate of drug-likeness (QED) is 0.261. The van der Waals surface area contributed by atoms with Gasteiger partial charge in [0.05, 0.1) is 5.69 Å². The van der Waals surface area contributed by atoms with Crippen LogP contribution >= 0.6 is 0 Å². The van der Waals surface area contributed by atoms with E-state index in [4.69, 9.17) is 5.84 Å². The first-order valence-electron chi connectivity index (χ1n) is 4.06. The highest BCUT2D eigenvalue weighted by Gasteiger charge is 2.05. The van der Waals surface area contributed by atoms with Gasteiger partial charge in [0.15, 0.2) is 5.78 Å². The Labute approximate surface area is 82.1 Å². The van der Waals surface area contributed by atoms with Gasteiger partial charge in [0.1, 0.15) is 0 Å². The van der Waals surface area contributed by atoms with Gasteiger partial charge >= 0.3 is 0 Å². The lowest BCUT2D eigenvalue weighted by Crippen LogP contribution is -1.98. The molecule has 0 saturated carbocycles. The largest absolute Gasteiger partial charge is 0.305 e. The molecule has 72 valence electrons. The summed E-state index contributed by atoms with van der Waals surface area (Å²) in [6, 6.07) is 6.68. The minimum absolute atomic E-state index is 0.0683. The predicted octanol–water partition coefficient (Wildman–Crippen LogP) is 2.40. The van der Waals surface area contributed by atoms with E-state index in [0.29, 0.717) is 16.8 Å². The Bertz CT molecular complexity index is 379. The maximum absolute atomic E-state index is 11.4. The fourth-order valence-corrected chi connectivity index (χ4v) is 0.993. The zero-order valence-corrected chi connectivity index (χ0v) is 7.90. The average Bonchev–Trinajstić information content (AvgIpc) is 2.18. The van der Waals surface area contributed by atoms with Crippen LogP contribution in [0.3, 0.4) is 0 Å². The Balaban J connectivity index is 2.94. The van der Waals surface area contributed by atoms with Gasteiger partial charge in [-0.1, -0.05) is 11.8 Å². The molecule has 0 bridgehead atoms. The lowest BCUT2D eigenvalue weighted by molar-refractivity contribution is 0.103. The summed E-state index contributed by atoms with van der Waals surface area (Å²) in [7, 11) is 0. The third kappa shape index (κ3) is 2.26. The number of nitrogens with zero attached hydrogens (tertiary/aromatic N) is 2. The molecule has 0 saturated heterocycles. The van der Waals surface area contributed by atoms with Gasteiger partial charge in [-0.25, -0.2) is 0 Å². The third-order valence-corrected chi connectivity index (χ3v) is 1.69. The second-order valence-corrected chi connectivity index (χ2v) is 2.87. The number of hydrogen-bond donors (Lipinski definition) is 1. The Kier molecular flexibility index (Phi) is 3.12. The van der Waals surface area contributed by atoms with Gasteiger partial charge in [-0.15, -0.1) is 5.11 Å². The molecular weight excluding hydrogens is 178 g/mol. The summed E-state index contributed by atoms with van der Waals surface area (Å²) in [5.74, 6) is 4.82. The summed E-state index contributed by atoms with van der Waals surface area (Å²) in [4.78, 5) is 11.4. The van der Waals surface area contributed by atoms with Crippen LogP contribution in [0.2, 0.25) is 0 Å². The minimum Gasteiger partial charge on any atom is -0.305 e. The van der Waals surface area contributed by atoms with Crippen molar-refractivity contribution < 1.29 is 4.79 Å². The van der Waals surface area contributed by atoms with Crippen molar-refractivity contribution >= 4 is 11.5 Å². The van der Waals surface area contributed by atoms with Crippen molar-refractivity contribution in [3.63, 3.8) is 0 Å². The molecule has 0 spiro atoms. The average molecular weight is 189 g/mol. The molecule has 1 rings (SSSR count). The molecule has 0 atom stereocenters. The first-order chi connectivity index (χ1) is 6.65. The van der Waals surface area contributed by atoms with E-state index in [1.165, 1.54) is 0 Å². The molecule has 0 fully saturated rings. The van der Waals surface area contributed by atoms with Crippen molar-refractivity contribution in [3.8, 4) is 0 Å². The summed E-state index contributed by atoms with van der Waals surface area (Å²) < 4.78 is 0. The highest BCUT2D eigenvalue weighted by atomic mass is 16.1. The van der Waals surface area contributed by atoms with Crippen molar-refractivity contribution in [1.82, 2.24) is 0 Å². The molecule has 14 heavy (non-hydrogen) atoms. The van der Waals surface area contributed by atoms with Gasteiger partial charge in [-0.2, -0.15) is 0 Å². The van der Waals surface area contributed by atoms with Gasteiger partial charge in [-0.05, 0) is 36.8 Å². The van der Waals surface area contributed by atoms with Crippen LogP contribution in [0.1, 0.15) is 17.3 Å². The van der Waals surface area contributed by atoms with Gasteiger partial charge in [0.2, 0.25) is 0 Å². The maximum atomic E-state index is 11.4. The standard InChI is InChI=1S/C10H11N3O/c1-7(2)10(14)8-3-5-9(6-4-8)12-13-11/h3-6H,1H2,2H3,(H2,11,12). The Morgan fingerprint density at radius 2 is 1.93 bits per heavy atom. The zero-order valence-electron chi connectivity index (χ0n) is 7.90. The van der Waals surface area contributed by atoms with Gasteiger partial charge in [0, 0.05) is 5.56 Å². The van der Waals surface area contributed by atoms with E-state index in [-0.39, 0.29) is 5.78 Å². The Morgan fingerprint density at radius 3 is 2.36 bits per heavy atom. The molecule has 1 aromatic carbocycles. The number of benzene rings is 1. The smallest absolute Gasteiger partial charge is 0.188 e. The van der Waals surface area contributed by atoms with Crippen LogP contribution in [0.25, 0.3) is 0 Å². The van der Waals surface area contributed by atoms with E-state index in [0.717, 1.165) is 0 Å². The molecule has 1 aromatic rings. The third-order valence-electron chi connectivity index (χ3n) is 1.69. The van der Waals surface area contributed by atoms with Gasteiger partial charge in [-0.3, -0.25) is 4.79 Å². The van der Waals surface area contributed by atoms with Crippen LogP contribution in [0.5, 0.6) is 0 Å². The van der Waals surface area contributed by atoms with Crippen molar-refractivity contribution in [3.05, 3.63) is 42.0 Å². The van der Waals surface area contributed by atoms with E-state index < -0.39 is 0 Å². The number of allylic oxidation sites excluding steroid dienone is 1. The molecule has 4 heteroatoms. The SMILES string of the molecule is C=C(C)C(=O)c1ccc(N=NN)cc1. The second kappa shape index (κ2) is 4.32. The molecule has 0 aromatic heterocycles. The van der Waals surface area contributed by atoms with E-state index in [2.05, 4.69) is 16.9 Å². The summed E-state index contributed by atoms with van der Waals surface area (Å²) in [5, 5.41) is 6.76. The summed E-state index contributed by atoms with van der Waals surface area (Å²) in [5.41, 5.74) is 1.72. The molecule has 0 heterocycles. The maximum Gasteiger partial charge on any atom is 0.188 e. The van der Waals surface area contributed by atoms with Crippen LogP contribution in [-0.4, -0.2) is 5.78 Å². The molecule has 0 aliphatic carbocycles. The monoisotopic (exact) mass is 189 g/mol. The molecule has 0 aliphatic rings. The number of carbonyl (C=O) groups is 1. The molecule has 0 aliphatic heterocycles. The van der Waals surface area contributed by atoms with Crippen LogP contribution < -0.4 is 5.84 Å². The summed E-state index contributed by atoms with van der Waals surface area (Å²) in [6.07, 6.45) is 0. The molecule has 0 amide bonds. The van der Waals surface area contributed by atoms with Crippen LogP contribution in [0, 0.1) is 0 Å². The normalized spacial score (nSPS) is 10.4.